The minimum Gasteiger partial charge on any atom is -0.392 e. The van der Waals surface area contributed by atoms with Gasteiger partial charge in [-0.3, -0.25) is 4.79 Å². The van der Waals surface area contributed by atoms with E-state index in [2.05, 4.69) is 15.7 Å². The number of halogens is 3. The predicted octanol–water partition coefficient (Wildman–Crippen LogP) is 1.55. The van der Waals surface area contributed by atoms with Crippen molar-refractivity contribution >= 4 is 11.6 Å². The molecule has 3 N–H and O–H groups in total. The van der Waals surface area contributed by atoms with Crippen LogP contribution in [0.3, 0.4) is 0 Å². The second-order valence-electron chi connectivity index (χ2n) is 5.51. The van der Waals surface area contributed by atoms with Crippen LogP contribution in [0.5, 0.6) is 0 Å². The van der Waals surface area contributed by atoms with Crippen molar-refractivity contribution in [3.63, 3.8) is 0 Å². The standard InChI is InChI=1S/C15H15F3N4O2/c16-15(17,18)13-5-6-20-22(13)10-3-1-9(2-4-10)21-14(24)12-7-11(23)8-19-12/h1-6,11-12,19,23H,7-8H2,(H,21,24)/t11-,12+/m0/s1. The zero-order valence-corrected chi connectivity index (χ0v) is 12.4. The number of alkyl halides is 3. The highest BCUT2D eigenvalue weighted by Gasteiger charge is 2.35. The molecule has 0 spiro atoms. The first-order valence-electron chi connectivity index (χ1n) is 7.28. The fourth-order valence-corrected chi connectivity index (χ4v) is 2.56. The van der Waals surface area contributed by atoms with Crippen molar-refractivity contribution in [1.29, 1.82) is 0 Å². The molecule has 1 saturated heterocycles. The van der Waals surface area contributed by atoms with E-state index in [1.54, 1.807) is 0 Å². The summed E-state index contributed by atoms with van der Waals surface area (Å²) in [5.74, 6) is -0.297. The number of aliphatic hydroxyl groups is 1. The van der Waals surface area contributed by atoms with Gasteiger partial charge in [0.05, 0.1) is 24.0 Å². The maximum absolute atomic E-state index is 12.9. The lowest BCUT2D eigenvalue weighted by molar-refractivity contribution is -0.142. The number of rotatable bonds is 3. The first kappa shape index (κ1) is 16.5. The number of amides is 1. The smallest absolute Gasteiger partial charge is 0.392 e. The number of carbonyl (C=O) groups is 1. The minimum absolute atomic E-state index is 0.236. The Balaban J connectivity index is 1.72. The summed E-state index contributed by atoms with van der Waals surface area (Å²) in [6.07, 6.45) is -3.65. The van der Waals surface area contributed by atoms with Crippen molar-refractivity contribution in [3.05, 3.63) is 42.2 Å². The number of nitrogens with zero attached hydrogens (tertiary/aromatic N) is 2. The summed E-state index contributed by atoms with van der Waals surface area (Å²) in [5.41, 5.74) is -0.184. The Labute approximate surface area is 135 Å². The van der Waals surface area contributed by atoms with Crippen molar-refractivity contribution in [3.8, 4) is 5.69 Å². The third-order valence-corrected chi connectivity index (χ3v) is 3.74. The van der Waals surface area contributed by atoms with Crippen molar-refractivity contribution in [1.82, 2.24) is 15.1 Å². The summed E-state index contributed by atoms with van der Waals surface area (Å²) in [6.45, 7) is 0.358. The average Bonchev–Trinajstić information content (AvgIpc) is 3.16. The molecule has 0 radical (unpaired) electrons. The number of carbonyl (C=O) groups excluding carboxylic acids is 1. The number of nitrogens with one attached hydrogen (secondary N) is 2. The van der Waals surface area contributed by atoms with Crippen molar-refractivity contribution in [2.24, 2.45) is 0 Å². The van der Waals surface area contributed by atoms with Crippen molar-refractivity contribution in [2.45, 2.75) is 24.7 Å². The first-order valence-corrected chi connectivity index (χ1v) is 7.28. The molecule has 3 rings (SSSR count). The van der Waals surface area contributed by atoms with E-state index in [0.717, 1.165) is 16.9 Å². The molecule has 2 aromatic rings. The molecule has 1 aliphatic heterocycles. The molecule has 1 fully saturated rings. The molecule has 24 heavy (non-hydrogen) atoms. The van der Waals surface area contributed by atoms with E-state index >= 15 is 0 Å². The molecule has 1 aliphatic rings. The first-order chi connectivity index (χ1) is 11.3. The molecule has 1 amide bonds. The maximum Gasteiger partial charge on any atom is 0.433 e. The molecule has 1 aromatic heterocycles. The molecule has 0 saturated carbocycles. The maximum atomic E-state index is 12.9. The van der Waals surface area contributed by atoms with Crippen LogP contribution in [-0.4, -0.2) is 39.5 Å². The number of anilines is 1. The van der Waals surface area contributed by atoms with Gasteiger partial charge in [-0.1, -0.05) is 0 Å². The minimum atomic E-state index is -4.50. The van der Waals surface area contributed by atoms with E-state index in [-0.39, 0.29) is 11.6 Å². The zero-order chi connectivity index (χ0) is 17.3. The predicted molar refractivity (Wildman–Crippen MR) is 79.6 cm³/mol. The zero-order valence-electron chi connectivity index (χ0n) is 12.4. The van der Waals surface area contributed by atoms with Crippen LogP contribution in [0.4, 0.5) is 18.9 Å². The Morgan fingerprint density at radius 2 is 2.00 bits per heavy atom. The van der Waals surface area contributed by atoms with Gasteiger partial charge in [-0.25, -0.2) is 4.68 Å². The van der Waals surface area contributed by atoms with Gasteiger partial charge in [0.1, 0.15) is 5.69 Å². The van der Waals surface area contributed by atoms with Gasteiger partial charge in [-0.15, -0.1) is 0 Å². The van der Waals surface area contributed by atoms with Crippen LogP contribution >= 0.6 is 0 Å². The van der Waals surface area contributed by atoms with Crippen LogP contribution in [0.2, 0.25) is 0 Å². The third-order valence-electron chi connectivity index (χ3n) is 3.74. The van der Waals surface area contributed by atoms with Gasteiger partial charge in [0.25, 0.3) is 0 Å². The Hall–Kier alpha value is -2.39. The SMILES string of the molecule is O=C(Nc1ccc(-n2nccc2C(F)(F)F)cc1)[C@H]1C[C@H](O)CN1. The largest absolute Gasteiger partial charge is 0.433 e. The van der Waals surface area contributed by atoms with Crippen molar-refractivity contribution in [2.75, 3.05) is 11.9 Å². The molecule has 0 aliphatic carbocycles. The number of hydrogen-bond acceptors (Lipinski definition) is 4. The summed E-state index contributed by atoms with van der Waals surface area (Å²) in [4.78, 5) is 12.0. The van der Waals surface area contributed by atoms with E-state index < -0.39 is 24.0 Å². The summed E-state index contributed by atoms with van der Waals surface area (Å²) in [7, 11) is 0. The van der Waals surface area contributed by atoms with Gasteiger partial charge in [-0.2, -0.15) is 18.3 Å². The fourth-order valence-electron chi connectivity index (χ4n) is 2.56. The van der Waals surface area contributed by atoms with Gasteiger partial charge >= 0.3 is 6.18 Å². The van der Waals surface area contributed by atoms with Crippen LogP contribution in [-0.2, 0) is 11.0 Å². The van der Waals surface area contributed by atoms with Gasteiger partial charge < -0.3 is 15.7 Å². The van der Waals surface area contributed by atoms with Crippen LogP contribution in [0.15, 0.2) is 36.5 Å². The normalized spacial score (nSPS) is 21.0. The third kappa shape index (κ3) is 3.41. The monoisotopic (exact) mass is 340 g/mol. The molecular weight excluding hydrogens is 325 g/mol. The van der Waals surface area contributed by atoms with Crippen molar-refractivity contribution < 1.29 is 23.1 Å². The molecule has 1 aromatic carbocycles. The Bertz CT molecular complexity index is 727. The number of benzene rings is 1. The van der Waals surface area contributed by atoms with Crippen LogP contribution in [0.1, 0.15) is 12.1 Å². The van der Waals surface area contributed by atoms with E-state index in [1.807, 2.05) is 0 Å². The Kier molecular flexibility index (Phi) is 4.29. The van der Waals surface area contributed by atoms with E-state index in [9.17, 15) is 23.1 Å². The molecule has 6 nitrogen and oxygen atoms in total. The highest BCUT2D eigenvalue weighted by atomic mass is 19.4. The number of hydrogen-bond donors (Lipinski definition) is 3. The Morgan fingerprint density at radius 3 is 2.58 bits per heavy atom. The molecule has 128 valence electrons. The van der Waals surface area contributed by atoms with Crippen LogP contribution in [0, 0.1) is 0 Å². The Morgan fingerprint density at radius 1 is 1.29 bits per heavy atom. The summed E-state index contributed by atoms with van der Waals surface area (Å²) in [5, 5.41) is 18.6. The van der Waals surface area contributed by atoms with E-state index in [4.69, 9.17) is 0 Å². The number of aliphatic hydroxyl groups excluding tert-OH is 1. The quantitative estimate of drug-likeness (QED) is 0.792. The van der Waals surface area contributed by atoms with Crippen LogP contribution in [0.25, 0.3) is 5.69 Å². The lowest BCUT2D eigenvalue weighted by Gasteiger charge is -2.13. The van der Waals surface area contributed by atoms with Gasteiger partial charge in [0.2, 0.25) is 5.91 Å². The lowest BCUT2D eigenvalue weighted by atomic mass is 10.2. The van der Waals surface area contributed by atoms with Gasteiger partial charge in [0, 0.05) is 12.2 Å². The van der Waals surface area contributed by atoms with E-state index in [1.165, 1.54) is 24.3 Å². The number of β-amino-alcohol motifs (C(OH)–C–C–N with tert-alkyl or cyclic N) is 1. The second kappa shape index (κ2) is 6.25. The summed E-state index contributed by atoms with van der Waals surface area (Å²) in [6, 6.07) is 6.29. The summed E-state index contributed by atoms with van der Waals surface area (Å²) >= 11 is 0. The van der Waals surface area contributed by atoms with Gasteiger partial charge in [0.15, 0.2) is 0 Å². The molecule has 0 bridgehead atoms. The second-order valence-corrected chi connectivity index (χ2v) is 5.51. The summed E-state index contributed by atoms with van der Waals surface area (Å²) < 4.78 is 39.4. The van der Waals surface area contributed by atoms with E-state index in [0.29, 0.717) is 18.7 Å². The molecule has 9 heteroatoms. The highest BCUT2D eigenvalue weighted by molar-refractivity contribution is 5.95. The molecule has 2 atom stereocenters. The molecule has 0 unspecified atom stereocenters. The highest BCUT2D eigenvalue weighted by Crippen LogP contribution is 2.30. The van der Waals surface area contributed by atoms with Gasteiger partial charge in [-0.05, 0) is 36.8 Å². The average molecular weight is 340 g/mol. The molecule has 2 heterocycles. The number of aromatic nitrogens is 2. The lowest BCUT2D eigenvalue weighted by Crippen LogP contribution is -2.35. The van der Waals surface area contributed by atoms with Crippen LogP contribution < -0.4 is 10.6 Å². The molecular formula is C15H15F3N4O2. The fraction of sp³-hybridized carbons (Fsp3) is 0.333. The topological polar surface area (TPSA) is 79.2 Å².